The number of benzene rings is 1. The minimum atomic E-state index is -0.929. The number of amides is 3. The van der Waals surface area contributed by atoms with Gasteiger partial charge in [-0.15, -0.1) is 0 Å². The van der Waals surface area contributed by atoms with E-state index >= 15 is 0 Å². The summed E-state index contributed by atoms with van der Waals surface area (Å²) in [6, 6.07) is 5.31. The molecular weight excluding hydrogens is 708 g/mol. The number of fused-ring (bicyclic) bond motifs is 2. The molecule has 2 saturated heterocycles. The molecule has 0 aromatic heterocycles. The quantitative estimate of drug-likeness (QED) is 0.0760. The fourth-order valence-corrected chi connectivity index (χ4v) is 7.64. The van der Waals surface area contributed by atoms with Gasteiger partial charge in [-0.1, -0.05) is 40.7 Å². The largest absolute Gasteiger partial charge is 0.493 e. The first-order chi connectivity index (χ1) is 26.0. The fraction of sp³-hybridized carbons (Fsp3) is 0.756. The summed E-state index contributed by atoms with van der Waals surface area (Å²) in [5.74, 6) is -0.479. The molecule has 4 N–H and O–H groups in total. The van der Waals surface area contributed by atoms with Crippen molar-refractivity contribution in [3.05, 3.63) is 23.8 Å². The zero-order valence-electron chi connectivity index (χ0n) is 34.7. The highest BCUT2D eigenvalue weighted by Crippen LogP contribution is 2.41. The number of aliphatic hydroxyl groups is 1. The van der Waals surface area contributed by atoms with Crippen molar-refractivity contribution in [2.45, 2.75) is 93.0 Å². The number of hydrogen-bond donors (Lipinski definition) is 3. The highest BCUT2D eigenvalue weighted by atomic mass is 16.7. The average Bonchev–Trinajstić information content (AvgIpc) is 3.77. The first-order valence-corrected chi connectivity index (χ1v) is 19.8. The van der Waals surface area contributed by atoms with E-state index in [1.165, 1.54) is 4.90 Å². The summed E-state index contributed by atoms with van der Waals surface area (Å²) in [5.41, 5.74) is 5.09. The Balaban J connectivity index is 1.86. The van der Waals surface area contributed by atoms with E-state index in [2.05, 4.69) is 24.1 Å². The van der Waals surface area contributed by atoms with Crippen LogP contribution in [0, 0.1) is 40.4 Å². The van der Waals surface area contributed by atoms with Crippen LogP contribution in [-0.2, 0) is 35.0 Å². The molecular formula is C41H68N4O10. The lowest BCUT2D eigenvalue weighted by Crippen LogP contribution is -2.48. The number of esters is 1. The van der Waals surface area contributed by atoms with Crippen LogP contribution in [0.15, 0.2) is 18.2 Å². The molecule has 3 amide bonds. The van der Waals surface area contributed by atoms with Crippen LogP contribution in [-0.4, -0.2) is 112 Å². The van der Waals surface area contributed by atoms with Gasteiger partial charge in [0.1, 0.15) is 6.73 Å². The number of nitrogens with one attached hydrogen (secondary N) is 1. The number of methoxy groups -OCH3 is 2. The van der Waals surface area contributed by atoms with Gasteiger partial charge in [-0.05, 0) is 100 Å². The summed E-state index contributed by atoms with van der Waals surface area (Å²) in [4.78, 5) is 55.9. The third-order valence-electron chi connectivity index (χ3n) is 11.7. The van der Waals surface area contributed by atoms with Gasteiger partial charge in [-0.3, -0.25) is 19.3 Å². The summed E-state index contributed by atoms with van der Waals surface area (Å²) in [7, 11) is 3.25. The molecule has 14 heteroatoms. The number of aliphatic hydroxyl groups excluding tert-OH is 1. The Morgan fingerprint density at radius 1 is 0.982 bits per heavy atom. The predicted octanol–water partition coefficient (Wildman–Crippen LogP) is 4.59. The number of carbonyl (C=O) groups is 4. The lowest BCUT2D eigenvalue weighted by molar-refractivity contribution is -0.164. The number of rotatable bonds is 24. The van der Waals surface area contributed by atoms with Crippen LogP contribution in [0.25, 0.3) is 0 Å². The van der Waals surface area contributed by atoms with Gasteiger partial charge in [0.2, 0.25) is 18.6 Å². The van der Waals surface area contributed by atoms with Crippen LogP contribution < -0.4 is 20.5 Å². The summed E-state index contributed by atoms with van der Waals surface area (Å²) in [6.45, 7) is 15.8. The fourth-order valence-electron chi connectivity index (χ4n) is 7.64. The highest BCUT2D eigenvalue weighted by Gasteiger charge is 2.50. The second-order valence-corrected chi connectivity index (χ2v) is 16.8. The van der Waals surface area contributed by atoms with Crippen LogP contribution in [0.1, 0.15) is 86.1 Å². The lowest BCUT2D eigenvalue weighted by atomic mass is 9.77. The summed E-state index contributed by atoms with van der Waals surface area (Å²) in [6.07, 6.45) is 2.86. The van der Waals surface area contributed by atoms with Crippen LogP contribution in [0.5, 0.6) is 11.5 Å². The highest BCUT2D eigenvalue weighted by molar-refractivity contribution is 5.83. The first-order valence-electron chi connectivity index (χ1n) is 19.8. The Labute approximate surface area is 328 Å². The van der Waals surface area contributed by atoms with Gasteiger partial charge >= 0.3 is 12.1 Å². The van der Waals surface area contributed by atoms with Gasteiger partial charge in [0, 0.05) is 45.2 Å². The molecule has 0 unspecified atom stereocenters. The van der Waals surface area contributed by atoms with E-state index in [4.69, 9.17) is 29.4 Å². The lowest BCUT2D eigenvalue weighted by Gasteiger charge is -2.38. The zero-order valence-corrected chi connectivity index (χ0v) is 34.7. The standard InChI is InChI=1S/C41H68N4O10/c1-27(2)31(20-30-11-12-34(52-9)35(21-30)53-18-10-17-51-8)22-33(29(5)19-32(28(3)4)36(47)43-23-40(6,7)37(42)48)45(25-46)39(50)55-26-54-38(49)41-13-15-44(24-41)16-14-41/h11-12,21,27-29,31-33,46H,10,13-20,22-26H2,1-9H3,(H2,42,48)(H,43,47)/t29-,31-,32-,33-/m0/s1. The maximum Gasteiger partial charge on any atom is 0.414 e. The molecule has 2 bridgehead atoms. The first kappa shape index (κ1) is 45.8. The maximum absolute atomic E-state index is 13.8. The molecule has 2 heterocycles. The Kier molecular flexibility index (Phi) is 17.5. The SMILES string of the molecule is COCCCOc1cc(C[C@@H](C[C@@H]([C@@H](C)C[C@H](C(=O)NCC(C)(C)C(N)=O)C(C)C)N(CO)C(=O)OCOC(=O)C23CCN(CC2)C3)C(C)C)ccc1OC. The van der Waals surface area contributed by atoms with Crippen molar-refractivity contribution in [3.63, 3.8) is 0 Å². The normalized spacial score (nSPS) is 20.1. The Morgan fingerprint density at radius 3 is 2.22 bits per heavy atom. The Morgan fingerprint density at radius 2 is 1.67 bits per heavy atom. The molecule has 55 heavy (non-hydrogen) atoms. The minimum Gasteiger partial charge on any atom is -0.493 e. The molecule has 1 aromatic rings. The van der Waals surface area contributed by atoms with E-state index < -0.39 is 48.3 Å². The van der Waals surface area contributed by atoms with E-state index in [-0.39, 0.29) is 42.1 Å². The minimum absolute atomic E-state index is 0.0244. The second kappa shape index (κ2) is 21.1. The van der Waals surface area contributed by atoms with E-state index in [0.717, 1.165) is 37.9 Å². The molecule has 0 spiro atoms. The summed E-state index contributed by atoms with van der Waals surface area (Å²) >= 11 is 0. The van der Waals surface area contributed by atoms with Gasteiger partial charge in [0.05, 0.1) is 24.5 Å². The maximum atomic E-state index is 13.8. The van der Waals surface area contributed by atoms with Gasteiger partial charge < -0.3 is 44.7 Å². The molecule has 0 saturated carbocycles. The van der Waals surface area contributed by atoms with Crippen LogP contribution in [0.4, 0.5) is 4.79 Å². The third kappa shape index (κ3) is 12.7. The molecule has 2 fully saturated rings. The van der Waals surface area contributed by atoms with Crippen LogP contribution >= 0.6 is 0 Å². The van der Waals surface area contributed by atoms with Gasteiger partial charge in [-0.2, -0.15) is 0 Å². The van der Waals surface area contributed by atoms with Crippen molar-refractivity contribution in [1.29, 1.82) is 0 Å². The van der Waals surface area contributed by atoms with Crippen LogP contribution in [0.2, 0.25) is 0 Å². The topological polar surface area (TPSA) is 179 Å². The van der Waals surface area contributed by atoms with Crippen molar-refractivity contribution >= 4 is 23.9 Å². The van der Waals surface area contributed by atoms with E-state index in [1.807, 2.05) is 39.0 Å². The Hall–Kier alpha value is -3.62. The smallest absolute Gasteiger partial charge is 0.414 e. The number of ether oxygens (including phenoxy) is 5. The molecule has 0 aliphatic carbocycles. The Bertz CT molecular complexity index is 1410. The van der Waals surface area contributed by atoms with Crippen molar-refractivity contribution in [3.8, 4) is 11.5 Å². The summed E-state index contributed by atoms with van der Waals surface area (Å²) < 4.78 is 27.8. The zero-order chi connectivity index (χ0) is 40.9. The molecule has 3 rings (SSSR count). The van der Waals surface area contributed by atoms with Crippen molar-refractivity contribution < 1.29 is 48.0 Å². The van der Waals surface area contributed by atoms with E-state index in [9.17, 15) is 24.3 Å². The second-order valence-electron chi connectivity index (χ2n) is 16.8. The van der Waals surface area contributed by atoms with Gasteiger partial charge in [0.15, 0.2) is 11.5 Å². The molecule has 312 valence electrons. The molecule has 1 aromatic carbocycles. The van der Waals surface area contributed by atoms with Crippen LogP contribution in [0.3, 0.4) is 0 Å². The van der Waals surface area contributed by atoms with E-state index in [1.54, 1.807) is 28.1 Å². The summed E-state index contributed by atoms with van der Waals surface area (Å²) in [5, 5.41) is 13.7. The van der Waals surface area contributed by atoms with Gasteiger partial charge in [0.25, 0.3) is 0 Å². The molecule has 2 aliphatic rings. The number of hydrogen-bond acceptors (Lipinski definition) is 11. The molecule has 2 aliphatic heterocycles. The number of piperidine rings is 1. The number of nitrogens with two attached hydrogens (primary N) is 1. The molecule has 4 atom stereocenters. The van der Waals surface area contributed by atoms with Gasteiger partial charge in [-0.25, -0.2) is 4.79 Å². The number of primary amides is 1. The third-order valence-corrected chi connectivity index (χ3v) is 11.7. The molecule has 14 nitrogen and oxygen atoms in total. The van der Waals surface area contributed by atoms with Crippen molar-refractivity contribution in [2.75, 3.05) is 67.1 Å². The predicted molar refractivity (Wildman–Crippen MR) is 208 cm³/mol. The number of carbonyl (C=O) groups excluding carboxylic acids is 4. The average molecular weight is 777 g/mol. The van der Waals surface area contributed by atoms with Crippen molar-refractivity contribution in [1.82, 2.24) is 15.1 Å². The number of nitrogens with zero attached hydrogens (tertiary/aromatic N) is 2. The molecule has 0 radical (unpaired) electrons. The monoisotopic (exact) mass is 776 g/mol. The van der Waals surface area contributed by atoms with E-state index in [0.29, 0.717) is 50.5 Å². The van der Waals surface area contributed by atoms with Crippen molar-refractivity contribution in [2.24, 2.45) is 46.2 Å².